The molecule has 0 bridgehead atoms. The number of imidazole rings is 1. The molecule has 0 unspecified atom stereocenters. The second-order valence-corrected chi connectivity index (χ2v) is 5.53. The van der Waals surface area contributed by atoms with Gasteiger partial charge in [-0.05, 0) is 39.3 Å². The minimum atomic E-state index is 0.103. The quantitative estimate of drug-likeness (QED) is 0.872. The van der Waals surface area contributed by atoms with Crippen molar-refractivity contribution < 1.29 is 0 Å². The number of rotatable bonds is 3. The van der Waals surface area contributed by atoms with E-state index in [-0.39, 0.29) is 5.54 Å². The number of aromatic amines is 1. The highest BCUT2D eigenvalue weighted by atomic mass is 15.0. The van der Waals surface area contributed by atoms with Crippen molar-refractivity contribution in [3.8, 4) is 11.5 Å². The third kappa shape index (κ3) is 3.17. The average Bonchev–Trinajstić information content (AvgIpc) is 2.75. The van der Waals surface area contributed by atoms with E-state index in [1.54, 1.807) is 6.20 Å². The van der Waals surface area contributed by atoms with Crippen LogP contribution in [-0.2, 0) is 6.54 Å². The maximum Gasteiger partial charge on any atom is 0.156 e. The van der Waals surface area contributed by atoms with Crippen molar-refractivity contribution in [2.45, 2.75) is 39.8 Å². The van der Waals surface area contributed by atoms with Gasteiger partial charge in [0, 0.05) is 24.0 Å². The highest BCUT2D eigenvalue weighted by Crippen LogP contribution is 2.16. The summed E-state index contributed by atoms with van der Waals surface area (Å²) in [6.45, 7) is 9.26. The molecule has 18 heavy (non-hydrogen) atoms. The molecule has 2 aromatic rings. The number of aromatic nitrogens is 3. The third-order valence-corrected chi connectivity index (χ3v) is 2.67. The minimum Gasteiger partial charge on any atom is -0.339 e. The first-order valence-corrected chi connectivity index (χ1v) is 6.16. The molecule has 0 aromatic carbocycles. The van der Waals surface area contributed by atoms with Crippen molar-refractivity contribution in [3.05, 3.63) is 35.8 Å². The first-order chi connectivity index (χ1) is 8.46. The highest BCUT2D eigenvalue weighted by molar-refractivity contribution is 5.54. The summed E-state index contributed by atoms with van der Waals surface area (Å²) in [6.07, 6.45) is 3.65. The molecule has 96 valence electrons. The van der Waals surface area contributed by atoms with Gasteiger partial charge in [-0.3, -0.25) is 4.98 Å². The lowest BCUT2D eigenvalue weighted by Crippen LogP contribution is -2.35. The van der Waals surface area contributed by atoms with Crippen molar-refractivity contribution in [1.82, 2.24) is 20.3 Å². The molecular formula is C14H20N4. The smallest absolute Gasteiger partial charge is 0.156 e. The molecule has 0 aliphatic heterocycles. The second kappa shape index (κ2) is 4.90. The largest absolute Gasteiger partial charge is 0.339 e. The van der Waals surface area contributed by atoms with E-state index in [1.807, 2.05) is 25.3 Å². The minimum absolute atomic E-state index is 0.103. The fourth-order valence-corrected chi connectivity index (χ4v) is 1.66. The Morgan fingerprint density at radius 1 is 1.28 bits per heavy atom. The van der Waals surface area contributed by atoms with E-state index >= 15 is 0 Å². The van der Waals surface area contributed by atoms with E-state index in [0.717, 1.165) is 29.3 Å². The van der Waals surface area contributed by atoms with Gasteiger partial charge in [0.15, 0.2) is 5.82 Å². The predicted molar refractivity (Wildman–Crippen MR) is 73.1 cm³/mol. The molecule has 0 saturated heterocycles. The topological polar surface area (TPSA) is 53.6 Å². The van der Waals surface area contributed by atoms with Gasteiger partial charge in [-0.25, -0.2) is 4.98 Å². The molecule has 0 aliphatic rings. The summed E-state index contributed by atoms with van der Waals surface area (Å²) in [5.74, 6) is 0.832. The van der Waals surface area contributed by atoms with E-state index in [9.17, 15) is 0 Å². The van der Waals surface area contributed by atoms with Crippen molar-refractivity contribution >= 4 is 0 Å². The van der Waals surface area contributed by atoms with Crippen molar-refractivity contribution in [1.29, 1.82) is 0 Å². The molecule has 0 amide bonds. The number of aryl methyl sites for hydroxylation is 1. The lowest BCUT2D eigenvalue weighted by Gasteiger charge is -2.19. The Morgan fingerprint density at radius 3 is 2.72 bits per heavy atom. The lowest BCUT2D eigenvalue weighted by molar-refractivity contribution is 0.422. The van der Waals surface area contributed by atoms with Gasteiger partial charge in [0.2, 0.25) is 0 Å². The Hall–Kier alpha value is -1.68. The zero-order valence-corrected chi connectivity index (χ0v) is 11.4. The van der Waals surface area contributed by atoms with Crippen LogP contribution in [0.2, 0.25) is 0 Å². The van der Waals surface area contributed by atoms with Crippen LogP contribution >= 0.6 is 0 Å². The summed E-state index contributed by atoms with van der Waals surface area (Å²) >= 11 is 0. The zero-order valence-electron chi connectivity index (χ0n) is 11.4. The third-order valence-electron chi connectivity index (χ3n) is 2.67. The predicted octanol–water partition coefficient (Wildman–Crippen LogP) is 2.67. The molecule has 2 heterocycles. The Morgan fingerprint density at radius 2 is 2.06 bits per heavy atom. The fourth-order valence-electron chi connectivity index (χ4n) is 1.66. The van der Waals surface area contributed by atoms with Crippen LogP contribution in [-0.4, -0.2) is 20.5 Å². The number of hydrogen-bond donors (Lipinski definition) is 2. The summed E-state index contributed by atoms with van der Waals surface area (Å²) in [4.78, 5) is 12.1. The maximum atomic E-state index is 4.39. The van der Waals surface area contributed by atoms with Crippen molar-refractivity contribution in [2.24, 2.45) is 0 Å². The maximum absolute atomic E-state index is 4.39. The van der Waals surface area contributed by atoms with Crippen LogP contribution in [0.4, 0.5) is 0 Å². The Bertz CT molecular complexity index is 523. The van der Waals surface area contributed by atoms with Crippen LogP contribution in [0.1, 0.15) is 32.0 Å². The fraction of sp³-hybridized carbons (Fsp3) is 0.429. The molecule has 2 N–H and O–H groups in total. The van der Waals surface area contributed by atoms with Crippen LogP contribution in [0.15, 0.2) is 24.5 Å². The van der Waals surface area contributed by atoms with Gasteiger partial charge in [0.25, 0.3) is 0 Å². The first kappa shape index (κ1) is 12.8. The Labute approximate surface area is 108 Å². The molecule has 4 nitrogen and oxygen atoms in total. The molecule has 0 saturated carbocycles. The molecule has 2 aromatic heterocycles. The number of nitrogens with one attached hydrogen (secondary N) is 2. The van der Waals surface area contributed by atoms with Crippen LogP contribution < -0.4 is 5.32 Å². The number of hydrogen-bond acceptors (Lipinski definition) is 3. The molecule has 0 spiro atoms. The molecule has 0 atom stereocenters. The summed E-state index contributed by atoms with van der Waals surface area (Å²) in [5, 5.41) is 3.43. The molecule has 2 rings (SSSR count). The van der Waals surface area contributed by atoms with Crippen LogP contribution in [0.5, 0.6) is 0 Å². The van der Waals surface area contributed by atoms with Gasteiger partial charge in [0.05, 0.1) is 6.20 Å². The van der Waals surface area contributed by atoms with Crippen LogP contribution in [0.25, 0.3) is 11.5 Å². The molecular weight excluding hydrogens is 224 g/mol. The van der Waals surface area contributed by atoms with E-state index in [2.05, 4.69) is 41.0 Å². The molecule has 4 heteroatoms. The zero-order chi connectivity index (χ0) is 13.2. The summed E-state index contributed by atoms with van der Waals surface area (Å²) in [5.41, 5.74) is 3.22. The van der Waals surface area contributed by atoms with Crippen LogP contribution in [0, 0.1) is 6.92 Å². The standard InChI is InChI=1S/C14H20N4/c1-10-6-5-7-15-12(10)13-16-8-11(18-13)9-17-14(2,3)4/h5-8,17H,9H2,1-4H3,(H,16,18). The number of pyridine rings is 1. The molecule has 0 fully saturated rings. The van der Waals surface area contributed by atoms with E-state index in [0.29, 0.717) is 0 Å². The van der Waals surface area contributed by atoms with Gasteiger partial charge >= 0.3 is 0 Å². The SMILES string of the molecule is Cc1cccnc1-c1ncc(CNC(C)(C)C)[nH]1. The summed E-state index contributed by atoms with van der Waals surface area (Å²) < 4.78 is 0. The van der Waals surface area contributed by atoms with Gasteiger partial charge < -0.3 is 10.3 Å². The second-order valence-electron chi connectivity index (χ2n) is 5.53. The van der Waals surface area contributed by atoms with Gasteiger partial charge in [-0.15, -0.1) is 0 Å². The van der Waals surface area contributed by atoms with Gasteiger partial charge in [0.1, 0.15) is 5.69 Å². The highest BCUT2D eigenvalue weighted by Gasteiger charge is 2.11. The normalized spacial score (nSPS) is 11.8. The van der Waals surface area contributed by atoms with E-state index in [4.69, 9.17) is 0 Å². The van der Waals surface area contributed by atoms with Crippen LogP contribution in [0.3, 0.4) is 0 Å². The summed E-state index contributed by atoms with van der Waals surface area (Å²) in [7, 11) is 0. The summed E-state index contributed by atoms with van der Waals surface area (Å²) in [6, 6.07) is 3.97. The average molecular weight is 244 g/mol. The molecule has 0 aliphatic carbocycles. The Kier molecular flexibility index (Phi) is 3.48. The number of H-pyrrole nitrogens is 1. The van der Waals surface area contributed by atoms with Crippen molar-refractivity contribution in [3.63, 3.8) is 0 Å². The number of nitrogens with zero attached hydrogens (tertiary/aromatic N) is 2. The van der Waals surface area contributed by atoms with E-state index < -0.39 is 0 Å². The van der Waals surface area contributed by atoms with Crippen molar-refractivity contribution in [2.75, 3.05) is 0 Å². The monoisotopic (exact) mass is 244 g/mol. The van der Waals surface area contributed by atoms with E-state index in [1.165, 1.54) is 0 Å². The van der Waals surface area contributed by atoms with Gasteiger partial charge in [-0.2, -0.15) is 0 Å². The van der Waals surface area contributed by atoms with Gasteiger partial charge in [-0.1, -0.05) is 6.07 Å². The lowest BCUT2D eigenvalue weighted by atomic mass is 10.1. The first-order valence-electron chi connectivity index (χ1n) is 6.16. The molecule has 0 radical (unpaired) electrons. The Balaban J connectivity index is 2.14.